The Labute approximate surface area is 113 Å². The molecule has 2 nitrogen and oxygen atoms in total. The highest BCUT2D eigenvalue weighted by Gasteiger charge is 2.14. The SMILES string of the molecule is CCNC(Cc1ccccn1)c1cc(F)ccc1C. The summed E-state index contributed by atoms with van der Waals surface area (Å²) in [4.78, 5) is 4.34. The van der Waals surface area contributed by atoms with Crippen molar-refractivity contribution in [3.05, 3.63) is 65.2 Å². The molecule has 0 aliphatic heterocycles. The number of pyridine rings is 1. The standard InChI is InChI=1S/C16H19FN2/c1-3-18-16(11-14-6-4-5-9-19-14)15-10-13(17)8-7-12(15)2/h4-10,16,18H,3,11H2,1-2H3. The van der Waals surface area contributed by atoms with Crippen molar-refractivity contribution in [2.45, 2.75) is 26.3 Å². The quantitative estimate of drug-likeness (QED) is 0.888. The summed E-state index contributed by atoms with van der Waals surface area (Å²) >= 11 is 0. The van der Waals surface area contributed by atoms with Gasteiger partial charge >= 0.3 is 0 Å². The molecule has 0 saturated carbocycles. The molecule has 0 bridgehead atoms. The van der Waals surface area contributed by atoms with Crippen molar-refractivity contribution in [2.24, 2.45) is 0 Å². The van der Waals surface area contributed by atoms with Gasteiger partial charge in [-0.05, 0) is 48.9 Å². The Hall–Kier alpha value is -1.74. The maximum Gasteiger partial charge on any atom is 0.123 e. The van der Waals surface area contributed by atoms with Gasteiger partial charge in [0.2, 0.25) is 0 Å². The van der Waals surface area contributed by atoms with E-state index < -0.39 is 0 Å². The molecular weight excluding hydrogens is 239 g/mol. The molecule has 1 N–H and O–H groups in total. The minimum Gasteiger partial charge on any atom is -0.310 e. The van der Waals surface area contributed by atoms with Crippen LogP contribution in [0.1, 0.15) is 29.8 Å². The molecule has 1 aromatic heterocycles. The fraction of sp³-hybridized carbons (Fsp3) is 0.312. The molecule has 0 saturated heterocycles. The van der Waals surface area contributed by atoms with Crippen LogP contribution in [0.2, 0.25) is 0 Å². The molecule has 0 aliphatic rings. The Morgan fingerprint density at radius 2 is 2.11 bits per heavy atom. The first kappa shape index (κ1) is 13.7. The Kier molecular flexibility index (Phi) is 4.63. The Bertz CT molecular complexity index is 526. The predicted octanol–water partition coefficient (Wildman–Crippen LogP) is 3.42. The van der Waals surface area contributed by atoms with Gasteiger partial charge in [0.25, 0.3) is 0 Å². The van der Waals surface area contributed by atoms with Gasteiger partial charge < -0.3 is 5.32 Å². The van der Waals surface area contributed by atoms with Crippen molar-refractivity contribution in [1.29, 1.82) is 0 Å². The van der Waals surface area contributed by atoms with Crippen LogP contribution in [0, 0.1) is 12.7 Å². The summed E-state index contributed by atoms with van der Waals surface area (Å²) in [6.45, 7) is 4.91. The maximum atomic E-state index is 13.4. The van der Waals surface area contributed by atoms with Crippen LogP contribution >= 0.6 is 0 Å². The molecule has 100 valence electrons. The molecule has 0 amide bonds. The fourth-order valence-electron chi connectivity index (χ4n) is 2.25. The summed E-state index contributed by atoms with van der Waals surface area (Å²) in [5.41, 5.74) is 3.12. The first-order chi connectivity index (χ1) is 9.20. The van der Waals surface area contributed by atoms with Crippen LogP contribution < -0.4 is 5.32 Å². The van der Waals surface area contributed by atoms with E-state index in [1.807, 2.05) is 31.2 Å². The third-order valence-electron chi connectivity index (χ3n) is 3.21. The normalized spacial score (nSPS) is 12.4. The second-order valence-corrected chi connectivity index (χ2v) is 4.64. The van der Waals surface area contributed by atoms with Crippen LogP contribution in [-0.2, 0) is 6.42 Å². The number of nitrogens with zero attached hydrogens (tertiary/aromatic N) is 1. The van der Waals surface area contributed by atoms with Crippen LogP contribution in [0.15, 0.2) is 42.6 Å². The van der Waals surface area contributed by atoms with Crippen LogP contribution in [0.4, 0.5) is 4.39 Å². The largest absolute Gasteiger partial charge is 0.310 e. The summed E-state index contributed by atoms with van der Waals surface area (Å²) < 4.78 is 13.4. The van der Waals surface area contributed by atoms with E-state index >= 15 is 0 Å². The minimum absolute atomic E-state index is 0.0931. The zero-order valence-electron chi connectivity index (χ0n) is 11.4. The van der Waals surface area contributed by atoms with E-state index in [0.29, 0.717) is 0 Å². The Morgan fingerprint density at radius 3 is 2.79 bits per heavy atom. The van der Waals surface area contributed by atoms with E-state index in [1.54, 1.807) is 12.3 Å². The highest BCUT2D eigenvalue weighted by Crippen LogP contribution is 2.22. The minimum atomic E-state index is -0.190. The topological polar surface area (TPSA) is 24.9 Å². The monoisotopic (exact) mass is 258 g/mol. The molecule has 0 aliphatic carbocycles. The summed E-state index contributed by atoms with van der Waals surface area (Å²) in [6.07, 6.45) is 2.55. The van der Waals surface area contributed by atoms with E-state index in [1.165, 1.54) is 6.07 Å². The van der Waals surface area contributed by atoms with Gasteiger partial charge in [0, 0.05) is 24.4 Å². The highest BCUT2D eigenvalue weighted by molar-refractivity contribution is 5.30. The van der Waals surface area contributed by atoms with Gasteiger partial charge in [-0.25, -0.2) is 4.39 Å². The third-order valence-corrected chi connectivity index (χ3v) is 3.21. The molecule has 3 heteroatoms. The smallest absolute Gasteiger partial charge is 0.123 e. The molecule has 0 radical (unpaired) electrons. The van der Waals surface area contributed by atoms with E-state index in [2.05, 4.69) is 17.2 Å². The number of likely N-dealkylation sites (N-methyl/N-ethyl adjacent to an activating group) is 1. The number of aryl methyl sites for hydroxylation is 1. The average molecular weight is 258 g/mol. The van der Waals surface area contributed by atoms with E-state index in [9.17, 15) is 4.39 Å². The average Bonchev–Trinajstić information content (AvgIpc) is 2.42. The van der Waals surface area contributed by atoms with Crippen LogP contribution in [0.3, 0.4) is 0 Å². The molecule has 2 aromatic rings. The van der Waals surface area contributed by atoms with Crippen molar-refractivity contribution in [3.8, 4) is 0 Å². The zero-order chi connectivity index (χ0) is 13.7. The second-order valence-electron chi connectivity index (χ2n) is 4.64. The molecule has 2 rings (SSSR count). The lowest BCUT2D eigenvalue weighted by atomic mass is 9.97. The molecule has 19 heavy (non-hydrogen) atoms. The summed E-state index contributed by atoms with van der Waals surface area (Å²) in [6, 6.07) is 10.9. The predicted molar refractivity (Wildman–Crippen MR) is 75.5 cm³/mol. The van der Waals surface area contributed by atoms with Gasteiger partial charge in [0.15, 0.2) is 0 Å². The molecule has 1 aromatic carbocycles. The Balaban J connectivity index is 2.27. The number of hydrogen-bond acceptors (Lipinski definition) is 2. The lowest BCUT2D eigenvalue weighted by molar-refractivity contribution is 0.535. The zero-order valence-corrected chi connectivity index (χ0v) is 11.4. The summed E-state index contributed by atoms with van der Waals surface area (Å²) in [7, 11) is 0. The van der Waals surface area contributed by atoms with E-state index in [4.69, 9.17) is 0 Å². The molecule has 0 fully saturated rings. The maximum absolute atomic E-state index is 13.4. The lowest BCUT2D eigenvalue weighted by Gasteiger charge is -2.20. The number of aromatic nitrogens is 1. The van der Waals surface area contributed by atoms with Crippen molar-refractivity contribution < 1.29 is 4.39 Å². The van der Waals surface area contributed by atoms with Crippen LogP contribution in [-0.4, -0.2) is 11.5 Å². The number of nitrogens with one attached hydrogen (secondary N) is 1. The third kappa shape index (κ3) is 3.61. The highest BCUT2D eigenvalue weighted by atomic mass is 19.1. The molecule has 1 atom stereocenters. The van der Waals surface area contributed by atoms with E-state index in [-0.39, 0.29) is 11.9 Å². The number of benzene rings is 1. The lowest BCUT2D eigenvalue weighted by Crippen LogP contribution is -2.24. The molecular formula is C16H19FN2. The summed E-state index contributed by atoms with van der Waals surface area (Å²) in [5, 5.41) is 3.41. The number of rotatable bonds is 5. The van der Waals surface area contributed by atoms with Gasteiger partial charge in [0.05, 0.1) is 0 Å². The second kappa shape index (κ2) is 6.43. The van der Waals surface area contributed by atoms with E-state index in [0.717, 1.165) is 29.8 Å². The van der Waals surface area contributed by atoms with Gasteiger partial charge in [-0.2, -0.15) is 0 Å². The fourth-order valence-corrected chi connectivity index (χ4v) is 2.25. The molecule has 1 heterocycles. The number of hydrogen-bond donors (Lipinski definition) is 1. The van der Waals surface area contributed by atoms with Crippen molar-refractivity contribution in [3.63, 3.8) is 0 Å². The molecule has 1 unspecified atom stereocenters. The van der Waals surface area contributed by atoms with Gasteiger partial charge in [-0.3, -0.25) is 4.98 Å². The van der Waals surface area contributed by atoms with Gasteiger partial charge in [-0.15, -0.1) is 0 Å². The van der Waals surface area contributed by atoms with Crippen LogP contribution in [0.25, 0.3) is 0 Å². The van der Waals surface area contributed by atoms with Crippen molar-refractivity contribution >= 4 is 0 Å². The Morgan fingerprint density at radius 1 is 1.26 bits per heavy atom. The first-order valence-electron chi connectivity index (χ1n) is 6.60. The number of halogens is 1. The summed E-state index contributed by atoms with van der Waals surface area (Å²) in [5.74, 6) is -0.190. The van der Waals surface area contributed by atoms with Crippen LogP contribution in [0.5, 0.6) is 0 Å². The van der Waals surface area contributed by atoms with Gasteiger partial charge in [-0.1, -0.05) is 19.1 Å². The first-order valence-corrected chi connectivity index (χ1v) is 6.60. The van der Waals surface area contributed by atoms with Gasteiger partial charge in [0.1, 0.15) is 5.82 Å². The van der Waals surface area contributed by atoms with Crippen molar-refractivity contribution in [1.82, 2.24) is 10.3 Å². The molecule has 0 spiro atoms. The van der Waals surface area contributed by atoms with Crippen molar-refractivity contribution in [2.75, 3.05) is 6.54 Å².